The average molecular weight is 186 g/mol. The summed E-state index contributed by atoms with van der Waals surface area (Å²) in [5.41, 5.74) is 2.50. The van der Waals surface area contributed by atoms with Gasteiger partial charge in [-0.05, 0) is 30.4 Å². The summed E-state index contributed by atoms with van der Waals surface area (Å²) in [5, 5.41) is 0. The Morgan fingerprint density at radius 3 is 2.86 bits per heavy atom. The van der Waals surface area contributed by atoms with E-state index in [-0.39, 0.29) is 11.7 Å². The molecule has 0 aliphatic heterocycles. The second-order valence-electron chi connectivity index (χ2n) is 3.89. The zero-order chi connectivity index (χ0) is 10.1. The van der Waals surface area contributed by atoms with E-state index >= 15 is 0 Å². The van der Waals surface area contributed by atoms with Crippen LogP contribution in [0, 0.1) is 5.92 Å². The van der Waals surface area contributed by atoms with Crippen LogP contribution in [0.5, 0.6) is 0 Å². The molecular weight excluding hydrogens is 172 g/mol. The van der Waals surface area contributed by atoms with Gasteiger partial charge in [0, 0.05) is 5.92 Å². The molecule has 0 saturated carbocycles. The van der Waals surface area contributed by atoms with Crippen molar-refractivity contribution in [2.45, 2.75) is 19.3 Å². The number of benzene rings is 1. The van der Waals surface area contributed by atoms with Crippen molar-refractivity contribution in [1.82, 2.24) is 0 Å². The largest absolute Gasteiger partial charge is 0.299 e. The molecule has 0 amide bonds. The first kappa shape index (κ1) is 9.20. The van der Waals surface area contributed by atoms with Crippen molar-refractivity contribution in [2.24, 2.45) is 5.92 Å². The van der Waals surface area contributed by atoms with Gasteiger partial charge in [0.1, 0.15) is 5.78 Å². The van der Waals surface area contributed by atoms with Crippen LogP contribution in [0.1, 0.15) is 24.0 Å². The van der Waals surface area contributed by atoms with Crippen molar-refractivity contribution >= 4 is 5.78 Å². The lowest BCUT2D eigenvalue weighted by Gasteiger charge is -2.13. The van der Waals surface area contributed by atoms with Crippen LogP contribution in [0.4, 0.5) is 0 Å². The third kappa shape index (κ3) is 1.29. The SMILES string of the molecule is C=CC1Cc2ccccc2C1C(C)=O. The molecule has 2 atom stereocenters. The van der Waals surface area contributed by atoms with Gasteiger partial charge in [-0.15, -0.1) is 6.58 Å². The van der Waals surface area contributed by atoms with Crippen LogP contribution >= 0.6 is 0 Å². The number of carbonyl (C=O) groups is 1. The van der Waals surface area contributed by atoms with Crippen molar-refractivity contribution < 1.29 is 4.79 Å². The Hall–Kier alpha value is -1.37. The van der Waals surface area contributed by atoms with E-state index < -0.39 is 0 Å². The van der Waals surface area contributed by atoms with Gasteiger partial charge in [-0.3, -0.25) is 4.79 Å². The van der Waals surface area contributed by atoms with Gasteiger partial charge in [-0.2, -0.15) is 0 Å². The maximum Gasteiger partial charge on any atom is 0.137 e. The Labute approximate surface area is 84.5 Å². The quantitative estimate of drug-likeness (QED) is 0.649. The van der Waals surface area contributed by atoms with Crippen LogP contribution in [-0.2, 0) is 11.2 Å². The highest BCUT2D eigenvalue weighted by Crippen LogP contribution is 2.38. The predicted molar refractivity (Wildman–Crippen MR) is 57.3 cm³/mol. The molecule has 0 heterocycles. The summed E-state index contributed by atoms with van der Waals surface area (Å²) < 4.78 is 0. The van der Waals surface area contributed by atoms with E-state index in [4.69, 9.17) is 0 Å². The van der Waals surface area contributed by atoms with Crippen molar-refractivity contribution in [3.63, 3.8) is 0 Å². The molecule has 2 unspecified atom stereocenters. The molecule has 2 rings (SSSR count). The number of fused-ring (bicyclic) bond motifs is 1. The summed E-state index contributed by atoms with van der Waals surface area (Å²) in [6.07, 6.45) is 2.87. The van der Waals surface area contributed by atoms with Gasteiger partial charge in [0.15, 0.2) is 0 Å². The predicted octanol–water partition coefficient (Wildman–Crippen LogP) is 2.72. The summed E-state index contributed by atoms with van der Waals surface area (Å²) in [6, 6.07) is 8.20. The minimum atomic E-state index is 0.0451. The molecule has 1 aliphatic rings. The Balaban J connectivity index is 2.47. The summed E-state index contributed by atoms with van der Waals surface area (Å²) >= 11 is 0. The van der Waals surface area contributed by atoms with E-state index in [9.17, 15) is 4.79 Å². The molecule has 0 aromatic heterocycles. The summed E-state index contributed by atoms with van der Waals surface area (Å²) in [4.78, 5) is 11.5. The van der Waals surface area contributed by atoms with Crippen molar-refractivity contribution in [2.75, 3.05) is 0 Å². The van der Waals surface area contributed by atoms with Gasteiger partial charge in [0.05, 0.1) is 0 Å². The zero-order valence-electron chi connectivity index (χ0n) is 8.36. The molecule has 14 heavy (non-hydrogen) atoms. The fraction of sp³-hybridized carbons (Fsp3) is 0.308. The summed E-state index contributed by atoms with van der Waals surface area (Å²) in [6.45, 7) is 5.48. The minimum Gasteiger partial charge on any atom is -0.299 e. The number of allylic oxidation sites excluding steroid dienone is 1. The highest BCUT2D eigenvalue weighted by molar-refractivity contribution is 5.85. The Kier molecular flexibility index (Phi) is 2.24. The molecule has 0 fully saturated rings. The molecule has 1 heteroatoms. The number of hydrogen-bond acceptors (Lipinski definition) is 1. The molecular formula is C13H14O. The summed E-state index contributed by atoms with van der Waals surface area (Å²) in [5.74, 6) is 0.591. The number of rotatable bonds is 2. The molecule has 1 aromatic rings. The molecule has 0 spiro atoms. The highest BCUT2D eigenvalue weighted by atomic mass is 16.1. The first-order chi connectivity index (χ1) is 6.74. The van der Waals surface area contributed by atoms with Crippen molar-refractivity contribution in [1.29, 1.82) is 0 Å². The van der Waals surface area contributed by atoms with Crippen molar-refractivity contribution in [3.8, 4) is 0 Å². The summed E-state index contributed by atoms with van der Waals surface area (Å²) in [7, 11) is 0. The van der Waals surface area contributed by atoms with Crippen LogP contribution < -0.4 is 0 Å². The van der Waals surface area contributed by atoms with E-state index in [0.717, 1.165) is 6.42 Å². The highest BCUT2D eigenvalue weighted by Gasteiger charge is 2.32. The van der Waals surface area contributed by atoms with E-state index in [1.54, 1.807) is 6.92 Å². The third-order valence-electron chi connectivity index (χ3n) is 3.01. The van der Waals surface area contributed by atoms with Crippen molar-refractivity contribution in [3.05, 3.63) is 48.0 Å². The van der Waals surface area contributed by atoms with Gasteiger partial charge in [-0.1, -0.05) is 30.3 Å². The maximum atomic E-state index is 11.5. The normalized spacial score (nSPS) is 24.4. The lowest BCUT2D eigenvalue weighted by molar-refractivity contribution is -0.118. The molecule has 1 aromatic carbocycles. The van der Waals surface area contributed by atoms with E-state index in [2.05, 4.69) is 18.7 Å². The lowest BCUT2D eigenvalue weighted by Crippen LogP contribution is -2.13. The van der Waals surface area contributed by atoms with Crippen LogP contribution in [0.3, 0.4) is 0 Å². The lowest BCUT2D eigenvalue weighted by atomic mass is 9.89. The number of Topliss-reactive ketones (excluding diaryl/α,β-unsaturated/α-hetero) is 1. The van der Waals surface area contributed by atoms with Crippen LogP contribution in [0.25, 0.3) is 0 Å². The third-order valence-corrected chi connectivity index (χ3v) is 3.01. The van der Waals surface area contributed by atoms with Gasteiger partial charge in [-0.25, -0.2) is 0 Å². The zero-order valence-corrected chi connectivity index (χ0v) is 8.36. The monoisotopic (exact) mass is 186 g/mol. The second-order valence-corrected chi connectivity index (χ2v) is 3.89. The van der Waals surface area contributed by atoms with Gasteiger partial charge < -0.3 is 0 Å². The molecule has 1 aliphatic carbocycles. The molecule has 72 valence electrons. The smallest absolute Gasteiger partial charge is 0.137 e. The minimum absolute atomic E-state index is 0.0451. The second kappa shape index (κ2) is 3.41. The Morgan fingerprint density at radius 2 is 2.21 bits per heavy atom. The van der Waals surface area contributed by atoms with Gasteiger partial charge >= 0.3 is 0 Å². The number of ketones is 1. The van der Waals surface area contributed by atoms with Gasteiger partial charge in [0.25, 0.3) is 0 Å². The topological polar surface area (TPSA) is 17.1 Å². The average Bonchev–Trinajstić information content (AvgIpc) is 2.55. The van der Waals surface area contributed by atoms with Gasteiger partial charge in [0.2, 0.25) is 0 Å². The molecule has 1 nitrogen and oxygen atoms in total. The van der Waals surface area contributed by atoms with Crippen LogP contribution in [0.2, 0.25) is 0 Å². The number of carbonyl (C=O) groups excluding carboxylic acids is 1. The molecule has 0 saturated heterocycles. The molecule has 0 radical (unpaired) electrons. The van der Waals surface area contributed by atoms with E-state index in [1.165, 1.54) is 11.1 Å². The first-order valence-electron chi connectivity index (χ1n) is 4.95. The first-order valence-corrected chi connectivity index (χ1v) is 4.95. The maximum absolute atomic E-state index is 11.5. The Morgan fingerprint density at radius 1 is 1.50 bits per heavy atom. The molecule has 0 N–H and O–H groups in total. The van der Waals surface area contributed by atoms with E-state index in [0.29, 0.717) is 5.92 Å². The fourth-order valence-electron chi connectivity index (χ4n) is 2.37. The standard InChI is InChI=1S/C13H14O/c1-3-10-8-11-6-4-5-7-12(11)13(10)9(2)14/h3-7,10,13H,1,8H2,2H3. The van der Waals surface area contributed by atoms with E-state index in [1.807, 2.05) is 18.2 Å². The fourth-order valence-corrected chi connectivity index (χ4v) is 2.37. The van der Waals surface area contributed by atoms with Crippen LogP contribution in [0.15, 0.2) is 36.9 Å². The molecule has 0 bridgehead atoms. The Bertz CT molecular complexity index is 379. The van der Waals surface area contributed by atoms with Crippen LogP contribution in [-0.4, -0.2) is 5.78 Å². The number of hydrogen-bond donors (Lipinski definition) is 0.